The quantitative estimate of drug-likeness (QED) is 0.527. The van der Waals surface area contributed by atoms with Crippen molar-refractivity contribution < 1.29 is 13.0 Å². The SMILES string of the molecule is Cc1cc(S(=O)(=O)O)cc(C)c1N. The van der Waals surface area contributed by atoms with E-state index in [9.17, 15) is 8.42 Å². The third-order valence-corrected chi connectivity index (χ3v) is 2.70. The molecule has 5 heteroatoms. The van der Waals surface area contributed by atoms with Gasteiger partial charge >= 0.3 is 0 Å². The minimum Gasteiger partial charge on any atom is -0.398 e. The molecule has 0 fully saturated rings. The third-order valence-electron chi connectivity index (χ3n) is 1.87. The molecule has 0 aliphatic carbocycles. The smallest absolute Gasteiger partial charge is 0.294 e. The fourth-order valence-electron chi connectivity index (χ4n) is 1.08. The van der Waals surface area contributed by atoms with Gasteiger partial charge in [0.05, 0.1) is 4.90 Å². The maximum Gasteiger partial charge on any atom is 0.294 e. The van der Waals surface area contributed by atoms with Crippen LogP contribution >= 0.6 is 0 Å². The Balaban J connectivity index is 3.47. The zero-order valence-electron chi connectivity index (χ0n) is 7.40. The second kappa shape index (κ2) is 3.01. The molecule has 1 aromatic carbocycles. The van der Waals surface area contributed by atoms with Gasteiger partial charge in [-0.15, -0.1) is 0 Å². The second-order valence-corrected chi connectivity index (χ2v) is 4.37. The lowest BCUT2D eigenvalue weighted by Gasteiger charge is -2.06. The summed E-state index contributed by atoms with van der Waals surface area (Å²) >= 11 is 0. The van der Waals surface area contributed by atoms with Crippen molar-refractivity contribution in [2.75, 3.05) is 5.73 Å². The molecule has 72 valence electrons. The lowest BCUT2D eigenvalue weighted by atomic mass is 10.1. The average molecular weight is 201 g/mol. The predicted octanol–water partition coefficient (Wildman–Crippen LogP) is 1.13. The van der Waals surface area contributed by atoms with Crippen molar-refractivity contribution in [1.29, 1.82) is 0 Å². The van der Waals surface area contributed by atoms with Crippen LogP contribution in [0.1, 0.15) is 11.1 Å². The van der Waals surface area contributed by atoms with Gasteiger partial charge in [-0.05, 0) is 37.1 Å². The summed E-state index contributed by atoms with van der Waals surface area (Å²) in [6.07, 6.45) is 0. The van der Waals surface area contributed by atoms with Gasteiger partial charge < -0.3 is 5.73 Å². The molecule has 0 aliphatic rings. The molecule has 0 heterocycles. The van der Waals surface area contributed by atoms with E-state index in [2.05, 4.69) is 0 Å². The van der Waals surface area contributed by atoms with Gasteiger partial charge in [-0.25, -0.2) is 0 Å². The van der Waals surface area contributed by atoms with E-state index in [1.54, 1.807) is 13.8 Å². The Morgan fingerprint density at radius 3 is 1.92 bits per heavy atom. The van der Waals surface area contributed by atoms with Gasteiger partial charge in [0.1, 0.15) is 0 Å². The van der Waals surface area contributed by atoms with Crippen LogP contribution in [0.3, 0.4) is 0 Å². The number of benzene rings is 1. The van der Waals surface area contributed by atoms with E-state index in [1.807, 2.05) is 0 Å². The number of hydrogen-bond donors (Lipinski definition) is 2. The minimum absolute atomic E-state index is 0.114. The van der Waals surface area contributed by atoms with Gasteiger partial charge in [-0.1, -0.05) is 0 Å². The summed E-state index contributed by atoms with van der Waals surface area (Å²) in [6, 6.07) is 2.69. The average Bonchev–Trinajstić information content (AvgIpc) is 1.97. The Morgan fingerprint density at radius 2 is 1.62 bits per heavy atom. The Morgan fingerprint density at radius 1 is 1.23 bits per heavy atom. The van der Waals surface area contributed by atoms with Crippen LogP contribution in [0.5, 0.6) is 0 Å². The van der Waals surface area contributed by atoms with E-state index in [4.69, 9.17) is 10.3 Å². The lowest BCUT2D eigenvalue weighted by molar-refractivity contribution is 0.483. The van der Waals surface area contributed by atoms with Crippen molar-refractivity contribution in [2.45, 2.75) is 18.7 Å². The Bertz CT molecular complexity index is 414. The molecule has 0 amide bonds. The van der Waals surface area contributed by atoms with E-state index in [0.29, 0.717) is 16.8 Å². The summed E-state index contributed by atoms with van der Waals surface area (Å²) in [4.78, 5) is -0.114. The van der Waals surface area contributed by atoms with Crippen LogP contribution in [0.15, 0.2) is 17.0 Å². The molecule has 1 aromatic rings. The monoisotopic (exact) mass is 201 g/mol. The van der Waals surface area contributed by atoms with Gasteiger partial charge in [0.2, 0.25) is 0 Å². The molecule has 0 saturated carbocycles. The predicted molar refractivity (Wildman–Crippen MR) is 50.1 cm³/mol. The first-order chi connectivity index (χ1) is 5.82. The topological polar surface area (TPSA) is 80.4 Å². The summed E-state index contributed by atoms with van der Waals surface area (Å²) in [7, 11) is -4.12. The number of rotatable bonds is 1. The molecule has 0 unspecified atom stereocenters. The van der Waals surface area contributed by atoms with Crippen molar-refractivity contribution in [2.24, 2.45) is 0 Å². The summed E-state index contributed by atoms with van der Waals surface area (Å²) < 4.78 is 30.3. The zero-order valence-corrected chi connectivity index (χ0v) is 8.22. The van der Waals surface area contributed by atoms with E-state index in [0.717, 1.165) is 0 Å². The maximum atomic E-state index is 10.8. The number of anilines is 1. The van der Waals surface area contributed by atoms with Crippen LogP contribution in [0.25, 0.3) is 0 Å². The third kappa shape index (κ3) is 1.99. The van der Waals surface area contributed by atoms with E-state index < -0.39 is 10.1 Å². The van der Waals surface area contributed by atoms with Gasteiger partial charge in [0.15, 0.2) is 0 Å². The van der Waals surface area contributed by atoms with Gasteiger partial charge in [0.25, 0.3) is 10.1 Å². The van der Waals surface area contributed by atoms with E-state index in [1.165, 1.54) is 12.1 Å². The summed E-state index contributed by atoms with van der Waals surface area (Å²) in [6.45, 7) is 3.38. The summed E-state index contributed by atoms with van der Waals surface area (Å²) in [5.41, 5.74) is 7.46. The van der Waals surface area contributed by atoms with Crippen LogP contribution in [0.2, 0.25) is 0 Å². The first kappa shape index (κ1) is 10.0. The van der Waals surface area contributed by atoms with Gasteiger partial charge in [-0.3, -0.25) is 4.55 Å². The summed E-state index contributed by atoms with van der Waals surface area (Å²) in [5, 5.41) is 0. The molecule has 3 N–H and O–H groups in total. The maximum absolute atomic E-state index is 10.8. The standard InChI is InChI=1S/C8H11NO3S/c1-5-3-7(13(10,11)12)4-6(2)8(5)9/h3-4H,9H2,1-2H3,(H,10,11,12). The minimum atomic E-state index is -4.12. The number of nitrogen functional groups attached to an aromatic ring is 1. The molecule has 0 aromatic heterocycles. The molecule has 0 atom stereocenters. The van der Waals surface area contributed by atoms with Crippen LogP contribution in [-0.4, -0.2) is 13.0 Å². The second-order valence-electron chi connectivity index (χ2n) is 2.95. The van der Waals surface area contributed by atoms with Crippen LogP contribution in [-0.2, 0) is 10.1 Å². The van der Waals surface area contributed by atoms with Crippen LogP contribution in [0, 0.1) is 13.8 Å². The highest BCUT2D eigenvalue weighted by Crippen LogP contribution is 2.21. The Kier molecular flexibility index (Phi) is 2.32. The first-order valence-corrected chi connectivity index (χ1v) is 5.10. The molecule has 0 bridgehead atoms. The van der Waals surface area contributed by atoms with Crippen molar-refractivity contribution in [1.82, 2.24) is 0 Å². The van der Waals surface area contributed by atoms with Crippen molar-refractivity contribution in [3.05, 3.63) is 23.3 Å². The highest BCUT2D eigenvalue weighted by Gasteiger charge is 2.11. The van der Waals surface area contributed by atoms with Gasteiger partial charge in [0, 0.05) is 5.69 Å². The molecule has 0 spiro atoms. The number of nitrogens with two attached hydrogens (primary N) is 1. The number of aryl methyl sites for hydroxylation is 2. The fourth-order valence-corrected chi connectivity index (χ4v) is 1.74. The molecule has 4 nitrogen and oxygen atoms in total. The lowest BCUT2D eigenvalue weighted by Crippen LogP contribution is -2.02. The largest absolute Gasteiger partial charge is 0.398 e. The van der Waals surface area contributed by atoms with Crippen molar-refractivity contribution >= 4 is 15.8 Å². The fraction of sp³-hybridized carbons (Fsp3) is 0.250. The molecule has 0 radical (unpaired) electrons. The normalized spacial score (nSPS) is 11.6. The highest BCUT2D eigenvalue weighted by molar-refractivity contribution is 7.85. The van der Waals surface area contributed by atoms with Gasteiger partial charge in [-0.2, -0.15) is 8.42 Å². The van der Waals surface area contributed by atoms with E-state index >= 15 is 0 Å². The van der Waals surface area contributed by atoms with E-state index in [-0.39, 0.29) is 4.90 Å². The zero-order chi connectivity index (χ0) is 10.2. The summed E-state index contributed by atoms with van der Waals surface area (Å²) in [5.74, 6) is 0. The van der Waals surface area contributed by atoms with Crippen LogP contribution < -0.4 is 5.73 Å². The molecular weight excluding hydrogens is 190 g/mol. The van der Waals surface area contributed by atoms with Crippen LogP contribution in [0.4, 0.5) is 5.69 Å². The first-order valence-electron chi connectivity index (χ1n) is 3.66. The Labute approximate surface area is 77.1 Å². The molecule has 0 aliphatic heterocycles. The molecule has 0 saturated heterocycles. The Hall–Kier alpha value is -1.07. The highest BCUT2D eigenvalue weighted by atomic mass is 32.2. The number of hydrogen-bond acceptors (Lipinski definition) is 3. The van der Waals surface area contributed by atoms with Crippen molar-refractivity contribution in [3.63, 3.8) is 0 Å². The molecule has 13 heavy (non-hydrogen) atoms. The molecule has 1 rings (SSSR count). The van der Waals surface area contributed by atoms with Crippen molar-refractivity contribution in [3.8, 4) is 0 Å². The molecular formula is C8H11NO3S.